The van der Waals surface area contributed by atoms with Gasteiger partial charge in [-0.05, 0) is 19.3 Å². The number of likely N-dealkylation sites (tertiary alicyclic amines) is 1. The van der Waals surface area contributed by atoms with Crippen molar-refractivity contribution in [3.8, 4) is 0 Å². The number of hydrogen-bond acceptors (Lipinski definition) is 5. The molecule has 0 radical (unpaired) electrons. The molecule has 1 unspecified atom stereocenters. The first-order chi connectivity index (χ1) is 9.75. The lowest BCUT2D eigenvalue weighted by Gasteiger charge is -2.29. The number of rotatable bonds is 6. The van der Waals surface area contributed by atoms with Crippen LogP contribution >= 0.6 is 0 Å². The van der Waals surface area contributed by atoms with E-state index in [2.05, 4.69) is 10.2 Å². The molecule has 1 amide bonds. The summed E-state index contributed by atoms with van der Waals surface area (Å²) in [4.78, 5) is 16.0. The predicted molar refractivity (Wildman–Crippen MR) is 76.6 cm³/mol. The highest BCUT2D eigenvalue weighted by molar-refractivity contribution is 5.78. The highest BCUT2D eigenvalue weighted by Crippen LogP contribution is 2.08. The van der Waals surface area contributed by atoms with Gasteiger partial charge >= 0.3 is 0 Å². The highest BCUT2D eigenvalue weighted by Gasteiger charge is 2.17. The third kappa shape index (κ3) is 5.36. The first-order valence-corrected chi connectivity index (χ1v) is 7.72. The van der Waals surface area contributed by atoms with Gasteiger partial charge in [-0.1, -0.05) is 0 Å². The van der Waals surface area contributed by atoms with Gasteiger partial charge in [0.15, 0.2) is 0 Å². The van der Waals surface area contributed by atoms with Gasteiger partial charge in [-0.2, -0.15) is 0 Å². The van der Waals surface area contributed by atoms with E-state index in [1.54, 1.807) is 0 Å². The Bertz CT molecular complexity index is 289. The average Bonchev–Trinajstić information content (AvgIpc) is 2.49. The quantitative estimate of drug-likeness (QED) is 0.674. The molecule has 2 saturated heterocycles. The van der Waals surface area contributed by atoms with E-state index in [1.807, 2.05) is 4.90 Å². The largest absolute Gasteiger partial charge is 0.390 e. The maximum absolute atomic E-state index is 11.9. The van der Waals surface area contributed by atoms with E-state index in [0.29, 0.717) is 19.6 Å². The molecule has 2 rings (SSSR count). The van der Waals surface area contributed by atoms with Crippen LogP contribution < -0.4 is 5.32 Å². The van der Waals surface area contributed by atoms with Crippen molar-refractivity contribution >= 4 is 5.91 Å². The molecule has 0 saturated carbocycles. The van der Waals surface area contributed by atoms with Gasteiger partial charge in [0, 0.05) is 39.3 Å². The lowest BCUT2D eigenvalue weighted by atomic mass is 10.1. The van der Waals surface area contributed by atoms with Crippen LogP contribution in [0.5, 0.6) is 0 Å². The maximum atomic E-state index is 11.9. The van der Waals surface area contributed by atoms with Gasteiger partial charge in [0.2, 0.25) is 5.91 Å². The number of aliphatic hydroxyl groups excluding tert-OH is 1. The zero-order chi connectivity index (χ0) is 14.2. The molecule has 0 spiro atoms. The van der Waals surface area contributed by atoms with Gasteiger partial charge in [0.25, 0.3) is 0 Å². The molecule has 6 nitrogen and oxygen atoms in total. The third-order valence-corrected chi connectivity index (χ3v) is 3.94. The van der Waals surface area contributed by atoms with Gasteiger partial charge < -0.3 is 20.1 Å². The van der Waals surface area contributed by atoms with Crippen molar-refractivity contribution in [2.75, 3.05) is 59.0 Å². The molecule has 2 heterocycles. The van der Waals surface area contributed by atoms with Crippen molar-refractivity contribution in [3.05, 3.63) is 0 Å². The number of amides is 1. The second-order valence-electron chi connectivity index (χ2n) is 5.64. The third-order valence-electron chi connectivity index (χ3n) is 3.94. The standard InChI is InChI=1S/C14H27N3O3/c18-13(12-16-6-8-20-9-7-16)10-15-11-14(19)17-4-2-1-3-5-17/h13,15,18H,1-12H2. The summed E-state index contributed by atoms with van der Waals surface area (Å²) in [6.07, 6.45) is 3.04. The number of carbonyl (C=O) groups is 1. The fraction of sp³-hybridized carbons (Fsp3) is 0.929. The first-order valence-electron chi connectivity index (χ1n) is 7.72. The number of morpholine rings is 1. The van der Waals surface area contributed by atoms with Crippen molar-refractivity contribution in [1.82, 2.24) is 15.1 Å². The smallest absolute Gasteiger partial charge is 0.236 e. The number of carbonyl (C=O) groups excluding carboxylic acids is 1. The van der Waals surface area contributed by atoms with E-state index in [-0.39, 0.29) is 5.91 Å². The van der Waals surface area contributed by atoms with Gasteiger partial charge in [0.1, 0.15) is 0 Å². The van der Waals surface area contributed by atoms with E-state index >= 15 is 0 Å². The van der Waals surface area contributed by atoms with Crippen LogP contribution in [0.2, 0.25) is 0 Å². The number of β-amino-alcohol motifs (C(OH)–C–C–N with tert-alkyl or cyclic N) is 1. The molecule has 6 heteroatoms. The minimum Gasteiger partial charge on any atom is -0.390 e. The minimum atomic E-state index is -0.428. The van der Waals surface area contributed by atoms with Crippen molar-refractivity contribution in [1.29, 1.82) is 0 Å². The summed E-state index contributed by atoms with van der Waals surface area (Å²) in [6.45, 7) is 6.47. The molecule has 2 aliphatic rings. The van der Waals surface area contributed by atoms with Crippen LogP contribution in [-0.4, -0.2) is 85.9 Å². The number of piperidine rings is 1. The zero-order valence-electron chi connectivity index (χ0n) is 12.2. The van der Waals surface area contributed by atoms with Crippen LogP contribution in [0, 0.1) is 0 Å². The van der Waals surface area contributed by atoms with Crippen LogP contribution in [0.15, 0.2) is 0 Å². The Morgan fingerprint density at radius 3 is 2.55 bits per heavy atom. The van der Waals surface area contributed by atoms with Crippen LogP contribution in [0.1, 0.15) is 19.3 Å². The normalized spacial score (nSPS) is 22.8. The molecule has 0 aromatic heterocycles. The second kappa shape index (κ2) is 8.56. The molecule has 20 heavy (non-hydrogen) atoms. The summed E-state index contributed by atoms with van der Waals surface area (Å²) in [6, 6.07) is 0. The highest BCUT2D eigenvalue weighted by atomic mass is 16.5. The molecule has 2 N–H and O–H groups in total. The predicted octanol–water partition coefficient (Wildman–Crippen LogP) is -0.718. The monoisotopic (exact) mass is 285 g/mol. The maximum Gasteiger partial charge on any atom is 0.236 e. The number of nitrogens with one attached hydrogen (secondary N) is 1. The average molecular weight is 285 g/mol. The van der Waals surface area contributed by atoms with Crippen LogP contribution in [0.4, 0.5) is 0 Å². The zero-order valence-corrected chi connectivity index (χ0v) is 12.2. The van der Waals surface area contributed by atoms with Crippen LogP contribution in [0.25, 0.3) is 0 Å². The van der Waals surface area contributed by atoms with Gasteiger partial charge in [-0.25, -0.2) is 0 Å². The topological polar surface area (TPSA) is 65.0 Å². The molecule has 0 aromatic carbocycles. The SMILES string of the molecule is O=C(CNCC(O)CN1CCOCC1)N1CCCCC1. The fourth-order valence-corrected chi connectivity index (χ4v) is 2.75. The summed E-state index contributed by atoms with van der Waals surface area (Å²) >= 11 is 0. The Kier molecular flexibility index (Phi) is 6.72. The lowest BCUT2D eigenvalue weighted by Crippen LogP contribution is -2.46. The molecule has 0 aliphatic carbocycles. The van der Waals surface area contributed by atoms with Gasteiger partial charge in [-0.3, -0.25) is 9.69 Å². The summed E-state index contributed by atoms with van der Waals surface area (Å²) in [5.41, 5.74) is 0. The summed E-state index contributed by atoms with van der Waals surface area (Å²) in [5, 5.41) is 13.0. The number of hydrogen-bond donors (Lipinski definition) is 2. The number of aliphatic hydroxyl groups is 1. The molecular formula is C14H27N3O3. The van der Waals surface area contributed by atoms with Crippen LogP contribution in [0.3, 0.4) is 0 Å². The molecule has 2 aliphatic heterocycles. The number of ether oxygens (including phenoxy) is 1. The van der Waals surface area contributed by atoms with Crippen molar-refractivity contribution in [2.45, 2.75) is 25.4 Å². The fourth-order valence-electron chi connectivity index (χ4n) is 2.75. The first kappa shape index (κ1) is 15.7. The van der Waals surface area contributed by atoms with Crippen molar-refractivity contribution in [2.24, 2.45) is 0 Å². The lowest BCUT2D eigenvalue weighted by molar-refractivity contribution is -0.131. The summed E-state index contributed by atoms with van der Waals surface area (Å²) in [7, 11) is 0. The van der Waals surface area contributed by atoms with Crippen LogP contribution in [-0.2, 0) is 9.53 Å². The van der Waals surface area contributed by atoms with Gasteiger partial charge in [0.05, 0.1) is 25.9 Å². The Labute approximate surface area is 121 Å². The molecule has 0 bridgehead atoms. The molecule has 1 atom stereocenters. The molecular weight excluding hydrogens is 258 g/mol. The molecule has 116 valence electrons. The Morgan fingerprint density at radius 2 is 1.85 bits per heavy atom. The Morgan fingerprint density at radius 1 is 1.15 bits per heavy atom. The van der Waals surface area contributed by atoms with E-state index < -0.39 is 6.10 Å². The van der Waals surface area contributed by atoms with E-state index in [9.17, 15) is 9.90 Å². The number of nitrogens with zero attached hydrogens (tertiary/aromatic N) is 2. The molecule has 2 fully saturated rings. The van der Waals surface area contributed by atoms with E-state index in [0.717, 1.165) is 52.2 Å². The van der Waals surface area contributed by atoms with Crippen molar-refractivity contribution < 1.29 is 14.6 Å². The van der Waals surface area contributed by atoms with E-state index in [1.165, 1.54) is 6.42 Å². The Hall–Kier alpha value is -0.690. The summed E-state index contributed by atoms with van der Waals surface area (Å²) < 4.78 is 5.27. The second-order valence-corrected chi connectivity index (χ2v) is 5.64. The molecule has 0 aromatic rings. The van der Waals surface area contributed by atoms with E-state index in [4.69, 9.17) is 4.74 Å². The minimum absolute atomic E-state index is 0.156. The van der Waals surface area contributed by atoms with Crippen molar-refractivity contribution in [3.63, 3.8) is 0 Å². The Balaban J connectivity index is 1.56. The summed E-state index contributed by atoms with van der Waals surface area (Å²) in [5.74, 6) is 0.156. The van der Waals surface area contributed by atoms with Gasteiger partial charge in [-0.15, -0.1) is 0 Å².